The van der Waals surface area contributed by atoms with Crippen molar-refractivity contribution >= 4 is 28.3 Å². The highest BCUT2D eigenvalue weighted by Gasteiger charge is 1.95. The van der Waals surface area contributed by atoms with E-state index >= 15 is 0 Å². The standard InChI is InChI=1S/C5H8N2S2/c1-2-8-5-3-4(6)9-7-5/h3H,2,6H2,1H3. The summed E-state index contributed by atoms with van der Waals surface area (Å²) in [6, 6.07) is 1.90. The van der Waals surface area contributed by atoms with E-state index in [1.54, 1.807) is 11.8 Å². The van der Waals surface area contributed by atoms with Crippen LogP contribution in [0, 0.1) is 0 Å². The second-order valence-electron chi connectivity index (χ2n) is 1.50. The molecule has 2 nitrogen and oxygen atoms in total. The summed E-state index contributed by atoms with van der Waals surface area (Å²) in [5.74, 6) is 1.06. The lowest BCUT2D eigenvalue weighted by atomic mass is 10.7. The van der Waals surface area contributed by atoms with Crippen LogP contribution in [0.15, 0.2) is 11.1 Å². The monoisotopic (exact) mass is 160 g/mol. The fourth-order valence-corrected chi connectivity index (χ4v) is 1.80. The Morgan fingerprint density at radius 2 is 2.67 bits per heavy atom. The number of nitrogens with zero attached hydrogens (tertiary/aromatic N) is 1. The van der Waals surface area contributed by atoms with Gasteiger partial charge in [-0.1, -0.05) is 6.92 Å². The maximum atomic E-state index is 5.45. The highest BCUT2D eigenvalue weighted by atomic mass is 32.2. The molecule has 4 heteroatoms. The molecule has 2 N–H and O–H groups in total. The molecule has 0 amide bonds. The molecular formula is C5H8N2S2. The number of thioether (sulfide) groups is 1. The average molecular weight is 160 g/mol. The van der Waals surface area contributed by atoms with Gasteiger partial charge in [-0.05, 0) is 17.3 Å². The van der Waals surface area contributed by atoms with Gasteiger partial charge < -0.3 is 5.73 Å². The number of nitrogen functional groups attached to an aromatic ring is 1. The Kier molecular flexibility index (Phi) is 2.36. The first-order chi connectivity index (χ1) is 4.33. The third-order valence-electron chi connectivity index (χ3n) is 0.799. The fourth-order valence-electron chi connectivity index (χ4n) is 0.488. The van der Waals surface area contributed by atoms with Crippen molar-refractivity contribution in [3.63, 3.8) is 0 Å². The highest BCUT2D eigenvalue weighted by molar-refractivity contribution is 7.99. The van der Waals surface area contributed by atoms with Crippen molar-refractivity contribution in [3.8, 4) is 0 Å². The normalized spacial score (nSPS) is 9.89. The molecule has 0 aliphatic carbocycles. The first-order valence-corrected chi connectivity index (χ1v) is 4.44. The quantitative estimate of drug-likeness (QED) is 0.671. The molecular weight excluding hydrogens is 152 g/mol. The Balaban J connectivity index is 2.61. The van der Waals surface area contributed by atoms with Crippen LogP contribution in [0.3, 0.4) is 0 Å². The van der Waals surface area contributed by atoms with Crippen LogP contribution in [0.4, 0.5) is 5.00 Å². The summed E-state index contributed by atoms with van der Waals surface area (Å²) >= 11 is 3.07. The Hall–Kier alpha value is -0.220. The molecule has 0 spiro atoms. The lowest BCUT2D eigenvalue weighted by Crippen LogP contribution is -1.74. The summed E-state index contributed by atoms with van der Waals surface area (Å²) < 4.78 is 4.09. The first kappa shape index (κ1) is 6.89. The molecule has 1 aromatic rings. The molecule has 0 bridgehead atoms. The number of rotatable bonds is 2. The van der Waals surface area contributed by atoms with Crippen LogP contribution in [0.25, 0.3) is 0 Å². The van der Waals surface area contributed by atoms with Gasteiger partial charge in [0.05, 0.1) is 0 Å². The number of nitrogens with two attached hydrogens (primary N) is 1. The minimum atomic E-state index is 0.797. The topological polar surface area (TPSA) is 38.9 Å². The molecule has 0 radical (unpaired) electrons. The summed E-state index contributed by atoms with van der Waals surface area (Å²) in [4.78, 5) is 0. The van der Waals surface area contributed by atoms with Crippen molar-refractivity contribution in [1.82, 2.24) is 4.37 Å². The molecule has 1 heterocycles. The zero-order chi connectivity index (χ0) is 6.69. The van der Waals surface area contributed by atoms with Gasteiger partial charge in [-0.25, -0.2) is 0 Å². The summed E-state index contributed by atoms with van der Waals surface area (Å²) in [6.45, 7) is 2.10. The molecule has 0 aliphatic heterocycles. The molecule has 0 saturated heterocycles. The van der Waals surface area contributed by atoms with Gasteiger partial charge in [-0.15, -0.1) is 11.8 Å². The zero-order valence-corrected chi connectivity index (χ0v) is 6.76. The van der Waals surface area contributed by atoms with Crippen molar-refractivity contribution in [2.75, 3.05) is 11.5 Å². The van der Waals surface area contributed by atoms with Gasteiger partial charge in [-0.2, -0.15) is 4.37 Å². The minimum Gasteiger partial charge on any atom is -0.389 e. The number of hydrogen-bond donors (Lipinski definition) is 1. The zero-order valence-electron chi connectivity index (χ0n) is 5.13. The van der Waals surface area contributed by atoms with E-state index in [1.165, 1.54) is 11.5 Å². The van der Waals surface area contributed by atoms with Crippen molar-refractivity contribution in [2.45, 2.75) is 11.9 Å². The largest absolute Gasteiger partial charge is 0.389 e. The van der Waals surface area contributed by atoms with E-state index in [-0.39, 0.29) is 0 Å². The molecule has 1 aromatic heterocycles. The van der Waals surface area contributed by atoms with E-state index in [2.05, 4.69) is 11.3 Å². The SMILES string of the molecule is CCSc1cc(N)sn1. The third-order valence-corrected chi connectivity index (χ3v) is 2.32. The van der Waals surface area contributed by atoms with E-state index in [9.17, 15) is 0 Å². The molecule has 0 aliphatic rings. The maximum absolute atomic E-state index is 5.45. The van der Waals surface area contributed by atoms with Gasteiger partial charge in [0, 0.05) is 6.07 Å². The smallest absolute Gasteiger partial charge is 0.112 e. The number of aromatic nitrogens is 1. The average Bonchev–Trinajstić information content (AvgIpc) is 2.17. The van der Waals surface area contributed by atoms with Gasteiger partial charge in [-0.3, -0.25) is 0 Å². The molecule has 0 fully saturated rings. The van der Waals surface area contributed by atoms with E-state index in [0.29, 0.717) is 0 Å². The Morgan fingerprint density at radius 1 is 1.89 bits per heavy atom. The molecule has 0 atom stereocenters. The van der Waals surface area contributed by atoms with Crippen molar-refractivity contribution < 1.29 is 0 Å². The molecule has 9 heavy (non-hydrogen) atoms. The Labute approximate surface area is 62.6 Å². The van der Waals surface area contributed by atoms with E-state index in [1.807, 2.05) is 6.07 Å². The lowest BCUT2D eigenvalue weighted by molar-refractivity contribution is 1.28. The van der Waals surface area contributed by atoms with E-state index in [4.69, 9.17) is 5.73 Å². The van der Waals surface area contributed by atoms with E-state index < -0.39 is 0 Å². The molecule has 1 rings (SSSR count). The van der Waals surface area contributed by atoms with Crippen molar-refractivity contribution in [2.24, 2.45) is 0 Å². The van der Waals surface area contributed by atoms with Crippen LogP contribution >= 0.6 is 23.3 Å². The van der Waals surface area contributed by atoms with Gasteiger partial charge >= 0.3 is 0 Å². The first-order valence-electron chi connectivity index (χ1n) is 2.68. The van der Waals surface area contributed by atoms with Gasteiger partial charge in [0.15, 0.2) is 0 Å². The summed E-state index contributed by atoms with van der Waals surface area (Å²) in [6.07, 6.45) is 0. The maximum Gasteiger partial charge on any atom is 0.112 e. The Morgan fingerprint density at radius 3 is 3.11 bits per heavy atom. The van der Waals surface area contributed by atoms with Crippen LogP contribution < -0.4 is 5.73 Å². The second-order valence-corrected chi connectivity index (χ2v) is 3.62. The third kappa shape index (κ3) is 1.87. The predicted octanol–water partition coefficient (Wildman–Crippen LogP) is 1.84. The Bertz CT molecular complexity index is 185. The fraction of sp³-hybridized carbons (Fsp3) is 0.400. The van der Waals surface area contributed by atoms with Crippen molar-refractivity contribution in [1.29, 1.82) is 0 Å². The molecule has 50 valence electrons. The van der Waals surface area contributed by atoms with Crippen LogP contribution in [0.2, 0.25) is 0 Å². The lowest BCUT2D eigenvalue weighted by Gasteiger charge is -1.84. The van der Waals surface area contributed by atoms with Crippen molar-refractivity contribution in [3.05, 3.63) is 6.07 Å². The number of hydrogen-bond acceptors (Lipinski definition) is 4. The van der Waals surface area contributed by atoms with Crippen LogP contribution in [-0.2, 0) is 0 Å². The van der Waals surface area contributed by atoms with Gasteiger partial charge in [0.2, 0.25) is 0 Å². The van der Waals surface area contributed by atoms with Crippen LogP contribution in [0.5, 0.6) is 0 Å². The number of anilines is 1. The molecule has 0 aromatic carbocycles. The van der Waals surface area contributed by atoms with Gasteiger partial charge in [0.1, 0.15) is 10.0 Å². The summed E-state index contributed by atoms with van der Waals surface area (Å²) in [5, 5.41) is 1.84. The summed E-state index contributed by atoms with van der Waals surface area (Å²) in [5.41, 5.74) is 5.45. The predicted molar refractivity (Wildman–Crippen MR) is 42.9 cm³/mol. The van der Waals surface area contributed by atoms with Crippen LogP contribution in [0.1, 0.15) is 6.92 Å². The minimum absolute atomic E-state index is 0.797. The second kappa shape index (κ2) is 3.08. The van der Waals surface area contributed by atoms with Gasteiger partial charge in [0.25, 0.3) is 0 Å². The van der Waals surface area contributed by atoms with E-state index in [0.717, 1.165) is 15.8 Å². The molecule has 0 saturated carbocycles. The highest BCUT2D eigenvalue weighted by Crippen LogP contribution is 2.21. The van der Waals surface area contributed by atoms with Crippen LogP contribution in [-0.4, -0.2) is 10.1 Å². The summed E-state index contributed by atoms with van der Waals surface area (Å²) in [7, 11) is 0. The molecule has 0 unspecified atom stereocenters.